The third-order valence-corrected chi connectivity index (χ3v) is 3.22. The van der Waals surface area contributed by atoms with Crippen LogP contribution in [0.15, 0.2) is 0 Å². The van der Waals surface area contributed by atoms with Crippen LogP contribution in [-0.2, 0) is 4.79 Å². The third-order valence-electron chi connectivity index (χ3n) is 1.84. The molecule has 74 valence electrons. The predicted molar refractivity (Wildman–Crippen MR) is 59.1 cm³/mol. The summed E-state index contributed by atoms with van der Waals surface area (Å²) in [6.45, 7) is 3.71. The second-order valence-electron chi connectivity index (χ2n) is 2.94. The SMILES string of the molecule is C#CC(C)(CC)NC(=O)C(Cl)CBr. The first-order chi connectivity index (χ1) is 5.99. The molecular formula is C9H13BrClNO. The van der Waals surface area contributed by atoms with Gasteiger partial charge >= 0.3 is 0 Å². The minimum atomic E-state index is -0.591. The highest BCUT2D eigenvalue weighted by Gasteiger charge is 2.24. The van der Waals surface area contributed by atoms with Gasteiger partial charge in [-0.25, -0.2) is 0 Å². The standard InChI is InChI=1S/C9H13BrClNO/c1-4-9(3,5-2)12-8(13)7(11)6-10/h1,7H,5-6H2,2-3H3,(H,12,13). The van der Waals surface area contributed by atoms with Crippen molar-refractivity contribution in [3.63, 3.8) is 0 Å². The van der Waals surface area contributed by atoms with Crippen molar-refractivity contribution in [3.05, 3.63) is 0 Å². The van der Waals surface area contributed by atoms with Crippen LogP contribution >= 0.6 is 27.5 Å². The number of amides is 1. The van der Waals surface area contributed by atoms with Gasteiger partial charge in [-0.2, -0.15) is 0 Å². The number of carbonyl (C=O) groups excluding carboxylic acids is 1. The predicted octanol–water partition coefficient (Wildman–Crippen LogP) is 1.91. The van der Waals surface area contributed by atoms with Crippen molar-refractivity contribution in [2.45, 2.75) is 31.2 Å². The van der Waals surface area contributed by atoms with Gasteiger partial charge in [-0.1, -0.05) is 28.8 Å². The highest BCUT2D eigenvalue weighted by molar-refractivity contribution is 9.09. The van der Waals surface area contributed by atoms with Gasteiger partial charge in [0.05, 0.1) is 5.54 Å². The molecule has 0 aromatic rings. The van der Waals surface area contributed by atoms with Crippen LogP contribution in [-0.4, -0.2) is 22.2 Å². The molecule has 0 spiro atoms. The molecule has 2 nitrogen and oxygen atoms in total. The van der Waals surface area contributed by atoms with Crippen molar-refractivity contribution in [2.24, 2.45) is 0 Å². The molecule has 0 fully saturated rings. The smallest absolute Gasteiger partial charge is 0.240 e. The lowest BCUT2D eigenvalue weighted by molar-refractivity contribution is -0.121. The second kappa shape index (κ2) is 5.51. The van der Waals surface area contributed by atoms with Crippen LogP contribution in [0.1, 0.15) is 20.3 Å². The van der Waals surface area contributed by atoms with Crippen molar-refractivity contribution in [3.8, 4) is 12.3 Å². The van der Waals surface area contributed by atoms with E-state index < -0.39 is 10.9 Å². The zero-order valence-corrected chi connectivity index (χ0v) is 10.1. The summed E-state index contributed by atoms with van der Waals surface area (Å²) >= 11 is 8.83. The number of hydrogen-bond donors (Lipinski definition) is 1. The molecule has 0 aliphatic rings. The van der Waals surface area contributed by atoms with E-state index in [1.54, 1.807) is 6.92 Å². The summed E-state index contributed by atoms with van der Waals surface area (Å²) in [5.41, 5.74) is -0.591. The van der Waals surface area contributed by atoms with Gasteiger partial charge in [-0.3, -0.25) is 4.79 Å². The molecule has 0 aliphatic carbocycles. The summed E-state index contributed by atoms with van der Waals surface area (Å²) in [6, 6.07) is 0. The Hall–Kier alpha value is -0.200. The van der Waals surface area contributed by atoms with Gasteiger partial charge in [0.25, 0.3) is 0 Å². The lowest BCUT2D eigenvalue weighted by atomic mass is 10.0. The topological polar surface area (TPSA) is 29.1 Å². The summed E-state index contributed by atoms with van der Waals surface area (Å²) in [6.07, 6.45) is 5.97. The average molecular weight is 267 g/mol. The van der Waals surface area contributed by atoms with Crippen LogP contribution in [0.4, 0.5) is 0 Å². The Bertz CT molecular complexity index is 226. The van der Waals surface area contributed by atoms with Gasteiger partial charge in [-0.15, -0.1) is 18.0 Å². The number of rotatable bonds is 4. The molecule has 0 radical (unpaired) electrons. The number of halogens is 2. The van der Waals surface area contributed by atoms with E-state index in [0.717, 1.165) is 0 Å². The second-order valence-corrected chi connectivity index (χ2v) is 4.12. The summed E-state index contributed by atoms with van der Waals surface area (Å²) in [7, 11) is 0. The monoisotopic (exact) mass is 265 g/mol. The van der Waals surface area contributed by atoms with E-state index in [1.165, 1.54) is 0 Å². The molecule has 1 amide bonds. The zero-order valence-electron chi connectivity index (χ0n) is 7.73. The van der Waals surface area contributed by atoms with Crippen molar-refractivity contribution in [2.75, 3.05) is 5.33 Å². The van der Waals surface area contributed by atoms with Gasteiger partial charge in [0, 0.05) is 5.33 Å². The molecule has 0 aliphatic heterocycles. The van der Waals surface area contributed by atoms with E-state index in [0.29, 0.717) is 11.8 Å². The zero-order chi connectivity index (χ0) is 10.5. The van der Waals surface area contributed by atoms with E-state index in [4.69, 9.17) is 18.0 Å². The number of hydrogen-bond acceptors (Lipinski definition) is 1. The van der Waals surface area contributed by atoms with Crippen LogP contribution in [0.25, 0.3) is 0 Å². The van der Waals surface area contributed by atoms with Gasteiger partial charge in [0.2, 0.25) is 5.91 Å². The van der Waals surface area contributed by atoms with Crippen molar-refractivity contribution < 1.29 is 4.79 Å². The van der Waals surface area contributed by atoms with Crippen molar-refractivity contribution in [1.29, 1.82) is 0 Å². The minimum absolute atomic E-state index is 0.235. The summed E-state index contributed by atoms with van der Waals surface area (Å²) < 4.78 is 0. The van der Waals surface area contributed by atoms with Gasteiger partial charge in [0.1, 0.15) is 5.38 Å². The molecule has 0 heterocycles. The Labute approximate surface area is 92.5 Å². The summed E-state index contributed by atoms with van der Waals surface area (Å²) in [5.74, 6) is 2.30. The van der Waals surface area contributed by atoms with Crippen LogP contribution in [0.2, 0.25) is 0 Å². The molecule has 1 N–H and O–H groups in total. The van der Waals surface area contributed by atoms with E-state index in [-0.39, 0.29) is 5.91 Å². The van der Waals surface area contributed by atoms with E-state index in [2.05, 4.69) is 27.2 Å². The third kappa shape index (κ3) is 4.02. The maximum atomic E-state index is 11.3. The Morgan fingerprint density at radius 2 is 2.38 bits per heavy atom. The Balaban J connectivity index is 4.28. The fourth-order valence-corrected chi connectivity index (χ4v) is 0.995. The maximum absolute atomic E-state index is 11.3. The highest BCUT2D eigenvalue weighted by atomic mass is 79.9. The molecule has 2 unspecified atom stereocenters. The normalized spacial score (nSPS) is 16.8. The highest BCUT2D eigenvalue weighted by Crippen LogP contribution is 2.09. The van der Waals surface area contributed by atoms with E-state index >= 15 is 0 Å². The quantitative estimate of drug-likeness (QED) is 0.611. The fourth-order valence-electron chi connectivity index (χ4n) is 0.647. The molecule has 0 rings (SSSR count). The first-order valence-electron chi connectivity index (χ1n) is 3.99. The molecule has 2 atom stereocenters. The average Bonchev–Trinajstić information content (AvgIpc) is 2.16. The van der Waals surface area contributed by atoms with E-state index in [9.17, 15) is 4.79 Å². The van der Waals surface area contributed by atoms with Crippen LogP contribution in [0, 0.1) is 12.3 Å². The minimum Gasteiger partial charge on any atom is -0.339 e. The Kier molecular flexibility index (Phi) is 5.43. The lowest BCUT2D eigenvalue weighted by Crippen LogP contribution is -2.47. The van der Waals surface area contributed by atoms with Crippen LogP contribution in [0.3, 0.4) is 0 Å². The van der Waals surface area contributed by atoms with Gasteiger partial charge in [-0.05, 0) is 13.3 Å². The van der Waals surface area contributed by atoms with Gasteiger partial charge < -0.3 is 5.32 Å². The Morgan fingerprint density at radius 1 is 1.85 bits per heavy atom. The molecule has 0 aromatic carbocycles. The van der Waals surface area contributed by atoms with E-state index in [1.807, 2.05) is 6.92 Å². The number of alkyl halides is 2. The maximum Gasteiger partial charge on any atom is 0.240 e. The number of nitrogens with one attached hydrogen (secondary N) is 1. The molecular weight excluding hydrogens is 253 g/mol. The molecule has 13 heavy (non-hydrogen) atoms. The molecule has 0 bridgehead atoms. The Morgan fingerprint density at radius 3 is 2.69 bits per heavy atom. The first kappa shape index (κ1) is 12.8. The summed E-state index contributed by atoms with van der Waals surface area (Å²) in [4.78, 5) is 11.3. The van der Waals surface area contributed by atoms with Crippen LogP contribution < -0.4 is 5.32 Å². The molecule has 0 saturated heterocycles. The van der Waals surface area contributed by atoms with Crippen molar-refractivity contribution >= 4 is 33.4 Å². The molecule has 0 saturated carbocycles. The summed E-state index contributed by atoms with van der Waals surface area (Å²) in [5, 5.41) is 2.56. The number of terminal acetylenes is 1. The van der Waals surface area contributed by atoms with Crippen molar-refractivity contribution in [1.82, 2.24) is 5.32 Å². The largest absolute Gasteiger partial charge is 0.339 e. The molecule has 4 heteroatoms. The lowest BCUT2D eigenvalue weighted by Gasteiger charge is -2.24. The fraction of sp³-hybridized carbons (Fsp3) is 0.667. The molecule has 0 aromatic heterocycles. The number of carbonyl (C=O) groups is 1. The van der Waals surface area contributed by atoms with Crippen LogP contribution in [0.5, 0.6) is 0 Å². The van der Waals surface area contributed by atoms with Gasteiger partial charge in [0.15, 0.2) is 0 Å². The first-order valence-corrected chi connectivity index (χ1v) is 5.54.